The van der Waals surface area contributed by atoms with Gasteiger partial charge in [0.1, 0.15) is 6.04 Å². The summed E-state index contributed by atoms with van der Waals surface area (Å²) in [5.41, 5.74) is 10.4. The molecule has 1 aliphatic rings. The lowest BCUT2D eigenvalue weighted by molar-refractivity contribution is -0.134. The van der Waals surface area contributed by atoms with Crippen LogP contribution in [0.1, 0.15) is 28.2 Å². The van der Waals surface area contributed by atoms with Crippen LogP contribution in [0.15, 0.2) is 60.8 Å². The molecule has 2 unspecified atom stereocenters. The molecule has 12 heteroatoms. The first-order chi connectivity index (χ1) is 17.7. The van der Waals surface area contributed by atoms with Crippen molar-refractivity contribution >= 4 is 34.8 Å². The van der Waals surface area contributed by atoms with Crippen LogP contribution in [0.3, 0.4) is 0 Å². The van der Waals surface area contributed by atoms with Gasteiger partial charge in [0.15, 0.2) is 0 Å². The summed E-state index contributed by atoms with van der Waals surface area (Å²) in [4.78, 5) is 46.5. The van der Waals surface area contributed by atoms with Crippen molar-refractivity contribution in [2.75, 3.05) is 6.54 Å². The zero-order valence-corrected chi connectivity index (χ0v) is 20.1. The number of amides is 3. The maximum Gasteiger partial charge on any atom is 0.328 e. The molecule has 3 aromatic rings. The number of nitrogens with zero attached hydrogens (tertiary/aromatic N) is 1. The summed E-state index contributed by atoms with van der Waals surface area (Å²) in [5.74, 6) is -3.09. The highest BCUT2D eigenvalue weighted by Crippen LogP contribution is 2.30. The Hall–Kier alpha value is -4.99. The first-order valence-electron chi connectivity index (χ1n) is 11.3. The van der Waals surface area contributed by atoms with Gasteiger partial charge >= 0.3 is 18.0 Å². The van der Waals surface area contributed by atoms with Crippen molar-refractivity contribution in [3.05, 3.63) is 83.1 Å². The predicted octanol–water partition coefficient (Wildman–Crippen LogP) is 0.962. The molecule has 198 valence electrons. The molecule has 2 heterocycles. The van der Waals surface area contributed by atoms with E-state index in [1.54, 1.807) is 12.1 Å². The number of carboxylic acid groups (broad SMARTS) is 2. The van der Waals surface area contributed by atoms with Gasteiger partial charge in [-0.3, -0.25) is 10.1 Å². The molecule has 3 amide bonds. The highest BCUT2D eigenvalue weighted by molar-refractivity contribution is 6.04. The molecule has 0 saturated carbocycles. The van der Waals surface area contributed by atoms with Crippen LogP contribution in [0.4, 0.5) is 4.79 Å². The molecule has 12 nitrogen and oxygen atoms in total. The van der Waals surface area contributed by atoms with Gasteiger partial charge in [-0.15, -0.1) is 0 Å². The molecule has 2 aromatic carbocycles. The minimum absolute atomic E-state index is 0. The van der Waals surface area contributed by atoms with Crippen molar-refractivity contribution in [3.63, 3.8) is 0 Å². The second-order valence-corrected chi connectivity index (χ2v) is 8.23. The maximum absolute atomic E-state index is 12.4. The van der Waals surface area contributed by atoms with Gasteiger partial charge in [-0.05, 0) is 60.3 Å². The Balaban J connectivity index is 0.000000493. The number of nitrogens with one attached hydrogen (secondary N) is 3. The lowest BCUT2D eigenvalue weighted by Crippen LogP contribution is -2.36. The molecule has 1 saturated heterocycles. The fourth-order valence-corrected chi connectivity index (χ4v) is 4.04. The van der Waals surface area contributed by atoms with Crippen LogP contribution in [-0.4, -0.2) is 57.1 Å². The number of urea groups is 1. The average Bonchev–Trinajstić information content (AvgIpc) is 3.43. The number of rotatable bonds is 8. The molecule has 38 heavy (non-hydrogen) atoms. The van der Waals surface area contributed by atoms with E-state index in [1.165, 1.54) is 0 Å². The number of aromatic amines is 1. The van der Waals surface area contributed by atoms with Gasteiger partial charge < -0.3 is 31.7 Å². The summed E-state index contributed by atoms with van der Waals surface area (Å²) >= 11 is 0. The van der Waals surface area contributed by atoms with E-state index in [0.717, 1.165) is 34.0 Å². The maximum atomic E-state index is 12.4. The summed E-state index contributed by atoms with van der Waals surface area (Å²) < 4.78 is 0. The molecule has 0 aliphatic carbocycles. The number of benzene rings is 2. The number of fused-ring (bicyclic) bond motifs is 1. The Labute approximate surface area is 217 Å². The Morgan fingerprint density at radius 2 is 1.74 bits per heavy atom. The number of aromatic nitrogens is 1. The minimum Gasteiger partial charge on any atom is -0.478 e. The number of carboxylic acids is 2. The SMILES string of the molecule is N#Cc1ccc(CC(c2ccc3[nH]cc(CCN)c3c2)C2NC(=O)NC2=O)cc1.O.O=C(O)C=CC(=O)O. The molecular formula is C26H27N5O7. The third kappa shape index (κ3) is 7.50. The topological polar surface area (TPSA) is 230 Å². The Kier molecular flexibility index (Phi) is 10.3. The second kappa shape index (κ2) is 13.4. The normalized spacial score (nSPS) is 15.0. The van der Waals surface area contributed by atoms with Crippen LogP contribution < -0.4 is 16.4 Å². The highest BCUT2D eigenvalue weighted by atomic mass is 16.4. The predicted molar refractivity (Wildman–Crippen MR) is 137 cm³/mol. The second-order valence-electron chi connectivity index (χ2n) is 8.23. The molecule has 0 radical (unpaired) electrons. The molecule has 1 aromatic heterocycles. The van der Waals surface area contributed by atoms with E-state index in [4.69, 9.17) is 21.2 Å². The van der Waals surface area contributed by atoms with Gasteiger partial charge in [0.2, 0.25) is 0 Å². The zero-order chi connectivity index (χ0) is 26.9. The van der Waals surface area contributed by atoms with Gasteiger partial charge in [0.25, 0.3) is 5.91 Å². The molecule has 0 spiro atoms. The first-order valence-corrected chi connectivity index (χ1v) is 11.3. The van der Waals surface area contributed by atoms with Crippen molar-refractivity contribution in [2.45, 2.75) is 24.8 Å². The molecule has 2 atom stereocenters. The Morgan fingerprint density at radius 3 is 2.26 bits per heavy atom. The van der Waals surface area contributed by atoms with E-state index in [-0.39, 0.29) is 17.3 Å². The van der Waals surface area contributed by atoms with E-state index >= 15 is 0 Å². The molecular weight excluding hydrogens is 494 g/mol. The lowest BCUT2D eigenvalue weighted by Gasteiger charge is -2.22. The van der Waals surface area contributed by atoms with Crippen LogP contribution in [0.2, 0.25) is 0 Å². The molecule has 9 N–H and O–H groups in total. The van der Waals surface area contributed by atoms with E-state index in [0.29, 0.717) is 30.7 Å². The van der Waals surface area contributed by atoms with Gasteiger partial charge in [-0.25, -0.2) is 14.4 Å². The van der Waals surface area contributed by atoms with Crippen LogP contribution in [0.5, 0.6) is 0 Å². The molecule has 1 aliphatic heterocycles. The number of hydrogen-bond acceptors (Lipinski definition) is 6. The first kappa shape index (κ1) is 29.2. The Bertz CT molecular complexity index is 1370. The van der Waals surface area contributed by atoms with Crippen LogP contribution in [-0.2, 0) is 27.2 Å². The van der Waals surface area contributed by atoms with Gasteiger partial charge in [0.05, 0.1) is 11.6 Å². The number of carbonyl (C=O) groups is 4. The Morgan fingerprint density at radius 1 is 1.08 bits per heavy atom. The van der Waals surface area contributed by atoms with Crippen molar-refractivity contribution in [3.8, 4) is 6.07 Å². The van der Waals surface area contributed by atoms with Gasteiger partial charge in [-0.1, -0.05) is 18.2 Å². The molecule has 4 rings (SSSR count). The number of carbonyl (C=O) groups excluding carboxylic acids is 2. The molecule has 0 bridgehead atoms. The summed E-state index contributed by atoms with van der Waals surface area (Å²) in [6.45, 7) is 0.549. The van der Waals surface area contributed by atoms with E-state index in [1.807, 2.05) is 30.5 Å². The minimum atomic E-state index is -1.26. The molecule has 1 fully saturated rings. The fraction of sp³-hybridized carbons (Fsp3) is 0.192. The van der Waals surface area contributed by atoms with Crippen molar-refractivity contribution in [2.24, 2.45) is 5.73 Å². The van der Waals surface area contributed by atoms with E-state index in [2.05, 4.69) is 27.8 Å². The number of hydrogen-bond donors (Lipinski definition) is 6. The number of aliphatic carboxylic acids is 2. The standard InChI is InChI=1S/C22H21N5O2.C4H4O4.H2O/c23-8-7-16-12-25-19-6-5-15(10-17(16)19)18(20-21(28)27-22(29)26-20)9-13-1-3-14(11-24)4-2-13;5-3(6)1-2-4(7)8;/h1-6,10,12,18,20,25H,7-9,23H2,(H2,26,27,28,29);1-2H,(H,5,6)(H,7,8);1H2. The van der Waals surface area contributed by atoms with Crippen molar-refractivity contribution in [1.29, 1.82) is 5.26 Å². The number of nitrogens with two attached hydrogens (primary N) is 1. The van der Waals surface area contributed by atoms with Crippen LogP contribution >= 0.6 is 0 Å². The highest BCUT2D eigenvalue weighted by Gasteiger charge is 2.37. The number of imide groups is 1. The summed E-state index contributed by atoms with van der Waals surface area (Å²) in [7, 11) is 0. The summed E-state index contributed by atoms with van der Waals surface area (Å²) in [6, 6.07) is 14.3. The lowest BCUT2D eigenvalue weighted by atomic mass is 9.85. The van der Waals surface area contributed by atoms with Crippen molar-refractivity contribution in [1.82, 2.24) is 15.6 Å². The van der Waals surface area contributed by atoms with Gasteiger partial charge in [0, 0.05) is 35.2 Å². The van der Waals surface area contributed by atoms with E-state index < -0.39 is 24.0 Å². The van der Waals surface area contributed by atoms with Crippen LogP contribution in [0.25, 0.3) is 10.9 Å². The largest absolute Gasteiger partial charge is 0.478 e. The smallest absolute Gasteiger partial charge is 0.328 e. The summed E-state index contributed by atoms with van der Waals surface area (Å²) in [6.07, 6.45) is 4.38. The van der Waals surface area contributed by atoms with Crippen molar-refractivity contribution < 1.29 is 34.9 Å². The van der Waals surface area contributed by atoms with Crippen LogP contribution in [0, 0.1) is 11.3 Å². The summed E-state index contributed by atoms with van der Waals surface area (Å²) in [5, 5.41) is 30.8. The monoisotopic (exact) mass is 521 g/mol. The number of H-pyrrole nitrogens is 1. The van der Waals surface area contributed by atoms with Gasteiger partial charge in [-0.2, -0.15) is 5.26 Å². The third-order valence-electron chi connectivity index (χ3n) is 5.75. The fourth-order valence-electron chi connectivity index (χ4n) is 4.04. The number of nitriles is 1. The quantitative estimate of drug-likeness (QED) is 0.184. The zero-order valence-electron chi connectivity index (χ0n) is 20.1. The third-order valence-corrected chi connectivity index (χ3v) is 5.75. The van der Waals surface area contributed by atoms with E-state index in [9.17, 15) is 19.2 Å². The average molecular weight is 522 g/mol.